The second-order valence-corrected chi connectivity index (χ2v) is 9.52. The molecule has 0 spiro atoms. The van der Waals surface area contributed by atoms with Crippen LogP contribution in [0.5, 0.6) is 17.2 Å². The standard InChI is InChI=1S/C32H28N2O6S/c1-37-25-14-12-24(13-15-25)34-31(36)27(33(32(34)41)19-30(35)39-3)17-21-11-16-28(29(18-21)38-2)40-20-23-9-6-8-22-7-4-5-10-26(22)23/h4-18H,19-20H2,1-3H3/b27-17-. The fourth-order valence-electron chi connectivity index (χ4n) is 4.61. The molecular formula is C32H28N2O6S. The monoisotopic (exact) mass is 568 g/mol. The van der Waals surface area contributed by atoms with E-state index in [2.05, 4.69) is 18.2 Å². The number of carbonyl (C=O) groups is 2. The third-order valence-corrected chi connectivity index (χ3v) is 7.14. The van der Waals surface area contributed by atoms with Gasteiger partial charge in [-0.05, 0) is 76.6 Å². The molecule has 0 aliphatic carbocycles. The average molecular weight is 569 g/mol. The van der Waals surface area contributed by atoms with Gasteiger partial charge in [0, 0.05) is 0 Å². The summed E-state index contributed by atoms with van der Waals surface area (Å²) in [7, 11) is 4.41. The van der Waals surface area contributed by atoms with Crippen LogP contribution in [-0.4, -0.2) is 49.8 Å². The molecule has 1 heterocycles. The quantitative estimate of drug-likeness (QED) is 0.147. The van der Waals surface area contributed by atoms with E-state index in [-0.39, 0.29) is 23.3 Å². The second kappa shape index (κ2) is 12.1. The molecule has 1 saturated heterocycles. The summed E-state index contributed by atoms with van der Waals surface area (Å²) in [5.74, 6) is 0.793. The zero-order valence-electron chi connectivity index (χ0n) is 22.8. The molecule has 4 aromatic carbocycles. The Balaban J connectivity index is 1.44. The number of hydrogen-bond donors (Lipinski definition) is 0. The summed E-state index contributed by atoms with van der Waals surface area (Å²) in [6, 6.07) is 26.6. The Kier molecular flexibility index (Phi) is 8.16. The molecular weight excluding hydrogens is 540 g/mol. The minimum absolute atomic E-state index is 0.166. The minimum Gasteiger partial charge on any atom is -0.497 e. The van der Waals surface area contributed by atoms with Gasteiger partial charge in [-0.25, -0.2) is 0 Å². The van der Waals surface area contributed by atoms with Gasteiger partial charge in [0.2, 0.25) is 0 Å². The minimum atomic E-state index is -0.530. The maximum atomic E-state index is 13.6. The lowest BCUT2D eigenvalue weighted by Gasteiger charge is -2.19. The maximum absolute atomic E-state index is 13.6. The number of fused-ring (bicyclic) bond motifs is 1. The average Bonchev–Trinajstić information content (AvgIpc) is 3.23. The Morgan fingerprint density at radius 2 is 1.63 bits per heavy atom. The van der Waals surface area contributed by atoms with E-state index in [1.807, 2.05) is 30.3 Å². The third kappa shape index (κ3) is 5.71. The van der Waals surface area contributed by atoms with E-state index >= 15 is 0 Å². The van der Waals surface area contributed by atoms with Crippen LogP contribution in [0.2, 0.25) is 0 Å². The van der Waals surface area contributed by atoms with Crippen LogP contribution < -0.4 is 19.1 Å². The highest BCUT2D eigenvalue weighted by Crippen LogP contribution is 2.33. The van der Waals surface area contributed by atoms with E-state index < -0.39 is 5.97 Å². The van der Waals surface area contributed by atoms with E-state index in [1.54, 1.807) is 56.7 Å². The van der Waals surface area contributed by atoms with Crippen LogP contribution in [0.1, 0.15) is 11.1 Å². The van der Waals surface area contributed by atoms with Crippen LogP contribution in [0.3, 0.4) is 0 Å². The molecule has 1 amide bonds. The van der Waals surface area contributed by atoms with Gasteiger partial charge >= 0.3 is 5.97 Å². The van der Waals surface area contributed by atoms with Crippen molar-refractivity contribution in [3.63, 3.8) is 0 Å². The highest BCUT2D eigenvalue weighted by molar-refractivity contribution is 7.80. The molecule has 1 aliphatic rings. The van der Waals surface area contributed by atoms with Crippen LogP contribution in [0.25, 0.3) is 16.8 Å². The topological polar surface area (TPSA) is 77.5 Å². The maximum Gasteiger partial charge on any atom is 0.325 e. The molecule has 0 unspecified atom stereocenters. The highest BCUT2D eigenvalue weighted by Gasteiger charge is 2.40. The van der Waals surface area contributed by atoms with Crippen LogP contribution >= 0.6 is 12.2 Å². The SMILES string of the molecule is COC(=O)CN1C(=S)N(c2ccc(OC)cc2)C(=O)/C1=C/c1ccc(OCc2cccc3ccccc23)c(OC)c1. The van der Waals surface area contributed by atoms with Gasteiger partial charge in [-0.1, -0.05) is 48.5 Å². The number of methoxy groups -OCH3 is 3. The number of carbonyl (C=O) groups excluding carboxylic acids is 2. The smallest absolute Gasteiger partial charge is 0.325 e. The molecule has 0 bridgehead atoms. The lowest BCUT2D eigenvalue weighted by Crippen LogP contribution is -2.35. The van der Waals surface area contributed by atoms with E-state index in [0.717, 1.165) is 16.3 Å². The van der Waals surface area contributed by atoms with E-state index in [9.17, 15) is 9.59 Å². The van der Waals surface area contributed by atoms with Crippen LogP contribution in [0, 0.1) is 0 Å². The molecule has 41 heavy (non-hydrogen) atoms. The number of benzene rings is 4. The van der Waals surface area contributed by atoms with Gasteiger partial charge in [0.05, 0.1) is 27.0 Å². The van der Waals surface area contributed by atoms with Crippen molar-refractivity contribution in [2.24, 2.45) is 0 Å². The van der Waals surface area contributed by atoms with E-state index in [1.165, 1.54) is 16.9 Å². The first-order valence-electron chi connectivity index (χ1n) is 12.8. The summed E-state index contributed by atoms with van der Waals surface area (Å²) in [5, 5.41) is 2.43. The summed E-state index contributed by atoms with van der Waals surface area (Å²) in [6.07, 6.45) is 1.66. The van der Waals surface area contributed by atoms with Crippen molar-refractivity contribution in [3.8, 4) is 17.2 Å². The van der Waals surface area contributed by atoms with Crippen LogP contribution in [0.4, 0.5) is 5.69 Å². The van der Waals surface area contributed by atoms with Crippen LogP contribution in [-0.2, 0) is 20.9 Å². The molecule has 0 N–H and O–H groups in total. The van der Waals surface area contributed by atoms with Gasteiger partial charge in [-0.15, -0.1) is 0 Å². The van der Waals surface area contributed by atoms with Crippen molar-refractivity contribution in [3.05, 3.63) is 102 Å². The van der Waals surface area contributed by atoms with Gasteiger partial charge in [-0.3, -0.25) is 14.5 Å². The number of amides is 1. The molecule has 8 nitrogen and oxygen atoms in total. The summed E-state index contributed by atoms with van der Waals surface area (Å²) in [6.45, 7) is 0.136. The Morgan fingerprint density at radius 3 is 2.37 bits per heavy atom. The van der Waals surface area contributed by atoms with Crippen molar-refractivity contribution in [2.75, 3.05) is 32.8 Å². The van der Waals surface area contributed by atoms with E-state index in [4.69, 9.17) is 31.2 Å². The van der Waals surface area contributed by atoms with Crippen LogP contribution in [0.15, 0.2) is 90.6 Å². The van der Waals surface area contributed by atoms with Gasteiger partial charge in [-0.2, -0.15) is 0 Å². The molecule has 1 aliphatic heterocycles. The van der Waals surface area contributed by atoms with E-state index in [0.29, 0.717) is 35.1 Å². The van der Waals surface area contributed by atoms with Crippen molar-refractivity contribution in [1.82, 2.24) is 4.90 Å². The number of nitrogens with zero attached hydrogens (tertiary/aromatic N) is 2. The second-order valence-electron chi connectivity index (χ2n) is 9.15. The molecule has 0 aromatic heterocycles. The zero-order valence-corrected chi connectivity index (χ0v) is 23.6. The number of rotatable bonds is 9. The number of ether oxygens (including phenoxy) is 4. The first-order chi connectivity index (χ1) is 19.9. The fourth-order valence-corrected chi connectivity index (χ4v) is 4.96. The lowest BCUT2D eigenvalue weighted by molar-refractivity contribution is -0.140. The first-order valence-corrected chi connectivity index (χ1v) is 13.2. The van der Waals surface area contributed by atoms with Gasteiger partial charge in [0.25, 0.3) is 5.91 Å². The summed E-state index contributed by atoms with van der Waals surface area (Å²) in [5.41, 5.74) is 2.49. The summed E-state index contributed by atoms with van der Waals surface area (Å²) in [4.78, 5) is 28.7. The number of hydrogen-bond acceptors (Lipinski definition) is 7. The Hall–Kier alpha value is -4.89. The normalized spacial score (nSPS) is 14.1. The van der Waals surface area contributed by atoms with Gasteiger partial charge in [0.15, 0.2) is 16.6 Å². The highest BCUT2D eigenvalue weighted by atomic mass is 32.1. The number of esters is 1. The number of thiocarbonyl (C=S) groups is 1. The molecule has 9 heteroatoms. The summed E-state index contributed by atoms with van der Waals surface area (Å²) < 4.78 is 21.8. The summed E-state index contributed by atoms with van der Waals surface area (Å²) >= 11 is 5.63. The fraction of sp³-hybridized carbons (Fsp3) is 0.156. The van der Waals surface area contributed by atoms with Crippen molar-refractivity contribution >= 4 is 51.7 Å². The predicted molar refractivity (Wildman–Crippen MR) is 161 cm³/mol. The van der Waals surface area contributed by atoms with Crippen molar-refractivity contribution in [2.45, 2.75) is 6.61 Å². The molecule has 0 atom stereocenters. The lowest BCUT2D eigenvalue weighted by atomic mass is 10.1. The molecule has 0 saturated carbocycles. The molecule has 5 rings (SSSR count). The Bertz CT molecular complexity index is 1640. The molecule has 4 aromatic rings. The molecule has 1 fully saturated rings. The van der Waals surface area contributed by atoms with Gasteiger partial charge < -0.3 is 23.8 Å². The first kappa shape index (κ1) is 27.7. The van der Waals surface area contributed by atoms with Crippen molar-refractivity contribution < 1.29 is 28.5 Å². The number of anilines is 1. The molecule has 0 radical (unpaired) electrons. The third-order valence-electron chi connectivity index (χ3n) is 6.73. The van der Waals surface area contributed by atoms with Gasteiger partial charge in [0.1, 0.15) is 24.6 Å². The van der Waals surface area contributed by atoms with Crippen molar-refractivity contribution in [1.29, 1.82) is 0 Å². The largest absolute Gasteiger partial charge is 0.497 e. The predicted octanol–water partition coefficient (Wildman–Crippen LogP) is 5.58. The zero-order chi connectivity index (χ0) is 28.9. The Labute approximate surface area is 243 Å². The Morgan fingerprint density at radius 1 is 0.878 bits per heavy atom. The molecule has 208 valence electrons.